The third kappa shape index (κ3) is 5.01. The molecular weight excluding hydrogens is 483 g/mol. The van der Waals surface area contributed by atoms with Crippen molar-refractivity contribution in [3.05, 3.63) is 70.1 Å². The Morgan fingerprint density at radius 2 is 1.97 bits per heavy atom. The van der Waals surface area contributed by atoms with Gasteiger partial charge in [0.1, 0.15) is 18.1 Å². The number of halogens is 2. The number of anilines is 1. The lowest BCUT2D eigenvalue weighted by atomic mass is 10.3. The minimum absolute atomic E-state index is 0.0735. The van der Waals surface area contributed by atoms with Crippen LogP contribution in [-0.4, -0.2) is 25.6 Å². The van der Waals surface area contributed by atoms with Crippen molar-refractivity contribution in [3.8, 4) is 5.75 Å². The van der Waals surface area contributed by atoms with Crippen LogP contribution < -0.4 is 10.1 Å². The number of hydrogen-bond donors (Lipinski definition) is 1. The highest BCUT2D eigenvalue weighted by Gasteiger charge is 2.16. The Morgan fingerprint density at radius 3 is 2.71 bits per heavy atom. The van der Waals surface area contributed by atoms with E-state index >= 15 is 0 Å². The number of nitrogens with one attached hydrogen (secondary N) is 1. The van der Waals surface area contributed by atoms with E-state index in [1.807, 2.05) is 0 Å². The van der Waals surface area contributed by atoms with Gasteiger partial charge in [-0.15, -0.1) is 0 Å². The van der Waals surface area contributed by atoms with Gasteiger partial charge >= 0.3 is 0 Å². The summed E-state index contributed by atoms with van der Waals surface area (Å²) >= 11 is 13.1. The molecule has 0 unspecified atom stereocenters. The van der Waals surface area contributed by atoms with Crippen molar-refractivity contribution in [1.29, 1.82) is 0 Å². The topological polar surface area (TPSA) is 98.5 Å². The predicted molar refractivity (Wildman–Crippen MR) is 120 cm³/mol. The van der Waals surface area contributed by atoms with E-state index in [1.54, 1.807) is 30.3 Å². The maximum absolute atomic E-state index is 12.5. The molecule has 11 heteroatoms. The van der Waals surface area contributed by atoms with Crippen LogP contribution in [-0.2, 0) is 16.4 Å². The molecule has 1 amide bonds. The Bertz CT molecular complexity index is 1400. The van der Waals surface area contributed by atoms with Crippen LogP contribution in [0.25, 0.3) is 10.2 Å². The smallest absolute Gasteiger partial charge is 0.293 e. The molecule has 4 aromatic rings. The van der Waals surface area contributed by atoms with Crippen LogP contribution in [0.15, 0.2) is 57.8 Å². The number of carbonyl (C=O) groups is 1. The summed E-state index contributed by atoms with van der Waals surface area (Å²) in [5.41, 5.74) is 0.584. The Balaban J connectivity index is 1.44. The van der Waals surface area contributed by atoms with Gasteiger partial charge in [-0.05, 0) is 48.5 Å². The summed E-state index contributed by atoms with van der Waals surface area (Å²) in [5.74, 6) is 0.463. The van der Waals surface area contributed by atoms with Gasteiger partial charge in [0.2, 0.25) is 0 Å². The number of thiazole rings is 1. The van der Waals surface area contributed by atoms with Crippen molar-refractivity contribution in [1.82, 2.24) is 4.98 Å². The lowest BCUT2D eigenvalue weighted by molar-refractivity contribution is 0.0992. The summed E-state index contributed by atoms with van der Waals surface area (Å²) in [6, 6.07) is 12.6. The summed E-state index contributed by atoms with van der Waals surface area (Å²) < 4.78 is 35.2. The second-order valence-electron chi connectivity index (χ2n) is 6.50. The minimum atomic E-state index is -3.33. The van der Waals surface area contributed by atoms with Gasteiger partial charge in [0, 0.05) is 11.3 Å². The Hall–Kier alpha value is -2.59. The first-order valence-corrected chi connectivity index (χ1v) is 12.2. The number of benzene rings is 2. The number of rotatable bonds is 6. The molecule has 0 spiro atoms. The summed E-state index contributed by atoms with van der Waals surface area (Å²) in [7, 11) is -3.33. The number of nitrogens with zero attached hydrogens (tertiary/aromatic N) is 1. The first kappa shape index (κ1) is 21.6. The number of furan rings is 1. The summed E-state index contributed by atoms with van der Waals surface area (Å²) in [4.78, 5) is 17.0. The van der Waals surface area contributed by atoms with Crippen molar-refractivity contribution < 1.29 is 22.4 Å². The highest BCUT2D eigenvalue weighted by Crippen LogP contribution is 2.30. The van der Waals surface area contributed by atoms with Crippen LogP contribution >= 0.6 is 34.5 Å². The monoisotopic (exact) mass is 496 g/mol. The molecular formula is C20H14Cl2N2O5S2. The molecule has 0 saturated heterocycles. The lowest BCUT2D eigenvalue weighted by Crippen LogP contribution is -2.10. The van der Waals surface area contributed by atoms with Crippen molar-refractivity contribution >= 4 is 65.6 Å². The molecule has 0 aliphatic rings. The molecule has 31 heavy (non-hydrogen) atoms. The zero-order chi connectivity index (χ0) is 22.2. The average molecular weight is 497 g/mol. The van der Waals surface area contributed by atoms with Crippen molar-refractivity contribution in [3.63, 3.8) is 0 Å². The lowest BCUT2D eigenvalue weighted by Gasteiger charge is -2.06. The molecule has 0 aliphatic carbocycles. The van der Waals surface area contributed by atoms with Crippen molar-refractivity contribution in [2.75, 3.05) is 11.6 Å². The predicted octanol–water partition coefficient (Wildman–Crippen LogP) is 5.43. The molecule has 0 aliphatic heterocycles. The fourth-order valence-electron chi connectivity index (χ4n) is 2.67. The number of fused-ring (bicyclic) bond motifs is 1. The fourth-order valence-corrected chi connectivity index (χ4v) is 4.75. The first-order chi connectivity index (χ1) is 14.7. The zero-order valence-corrected chi connectivity index (χ0v) is 19.0. The molecule has 0 saturated carbocycles. The summed E-state index contributed by atoms with van der Waals surface area (Å²) in [6.07, 6.45) is 1.14. The van der Waals surface area contributed by atoms with Gasteiger partial charge in [0.25, 0.3) is 5.91 Å². The molecule has 0 atom stereocenters. The highest BCUT2D eigenvalue weighted by molar-refractivity contribution is 7.90. The third-order valence-corrected chi connectivity index (χ3v) is 6.73. The van der Waals surface area contributed by atoms with E-state index in [4.69, 9.17) is 32.4 Å². The second kappa shape index (κ2) is 8.51. The largest absolute Gasteiger partial charge is 0.484 e. The number of hydrogen-bond acceptors (Lipinski definition) is 7. The molecule has 1 N–H and O–H groups in total. The van der Waals surface area contributed by atoms with Crippen molar-refractivity contribution in [2.45, 2.75) is 11.5 Å². The zero-order valence-electron chi connectivity index (χ0n) is 15.9. The number of sulfone groups is 1. The summed E-state index contributed by atoms with van der Waals surface area (Å²) in [6.45, 7) is 0.0735. The normalized spacial score (nSPS) is 11.6. The van der Waals surface area contributed by atoms with Crippen molar-refractivity contribution in [2.24, 2.45) is 0 Å². The van der Waals surface area contributed by atoms with Crippen LogP contribution in [0.5, 0.6) is 5.75 Å². The summed E-state index contributed by atoms with van der Waals surface area (Å²) in [5, 5.41) is 3.85. The van der Waals surface area contributed by atoms with Gasteiger partial charge < -0.3 is 9.15 Å². The van der Waals surface area contributed by atoms with E-state index in [-0.39, 0.29) is 17.3 Å². The molecule has 160 valence electrons. The maximum atomic E-state index is 12.5. The van der Waals surface area contributed by atoms with Gasteiger partial charge in [-0.25, -0.2) is 13.4 Å². The highest BCUT2D eigenvalue weighted by atomic mass is 35.5. The molecule has 2 heterocycles. The Kier molecular flexibility index (Phi) is 5.94. The number of aromatic nitrogens is 1. The number of amides is 1. The molecule has 2 aromatic heterocycles. The van der Waals surface area contributed by atoms with E-state index in [0.29, 0.717) is 36.9 Å². The van der Waals surface area contributed by atoms with E-state index in [0.717, 1.165) is 6.26 Å². The van der Waals surface area contributed by atoms with Crippen LogP contribution in [0.3, 0.4) is 0 Å². The Morgan fingerprint density at radius 1 is 1.16 bits per heavy atom. The van der Waals surface area contributed by atoms with Gasteiger partial charge in [-0.1, -0.05) is 34.5 Å². The molecule has 0 fully saturated rings. The van der Waals surface area contributed by atoms with Gasteiger partial charge in [0.15, 0.2) is 20.7 Å². The van der Waals surface area contributed by atoms with Crippen LogP contribution in [0, 0.1) is 0 Å². The SMILES string of the molecule is CS(=O)(=O)c1ccc2nc(NC(=O)c3ccc(COc4ccc(Cl)cc4Cl)o3)sc2c1. The van der Waals surface area contributed by atoms with Gasteiger partial charge in [-0.3, -0.25) is 10.1 Å². The minimum Gasteiger partial charge on any atom is -0.484 e. The molecule has 4 rings (SSSR count). The van der Waals surface area contributed by atoms with Crippen LogP contribution in [0.2, 0.25) is 10.0 Å². The fraction of sp³-hybridized carbons (Fsp3) is 0.100. The second-order valence-corrected chi connectivity index (χ2v) is 10.4. The molecule has 0 bridgehead atoms. The third-order valence-electron chi connectivity index (χ3n) is 4.16. The number of ether oxygens (including phenoxy) is 1. The quantitative estimate of drug-likeness (QED) is 0.382. The standard InChI is InChI=1S/C20H14Cl2N2O5S2/c1-31(26,27)13-4-5-15-18(9-13)30-20(23-15)24-19(25)17-7-3-12(29-17)10-28-16-6-2-11(21)8-14(16)22/h2-9H,10H2,1H3,(H,23,24,25). The van der Waals surface area contributed by atoms with E-state index < -0.39 is 15.7 Å². The molecule has 0 radical (unpaired) electrons. The Labute approximate surface area is 191 Å². The van der Waals surface area contributed by atoms with E-state index in [9.17, 15) is 13.2 Å². The van der Waals surface area contributed by atoms with E-state index in [1.165, 1.54) is 29.5 Å². The molecule has 7 nitrogen and oxygen atoms in total. The van der Waals surface area contributed by atoms with Gasteiger partial charge in [-0.2, -0.15) is 0 Å². The molecule has 2 aromatic carbocycles. The van der Waals surface area contributed by atoms with E-state index in [2.05, 4.69) is 10.3 Å². The first-order valence-electron chi connectivity index (χ1n) is 8.77. The van der Waals surface area contributed by atoms with Gasteiger partial charge in [0.05, 0.1) is 20.1 Å². The van der Waals surface area contributed by atoms with Crippen LogP contribution in [0.1, 0.15) is 16.3 Å². The maximum Gasteiger partial charge on any atom is 0.293 e. The van der Waals surface area contributed by atoms with Crippen LogP contribution in [0.4, 0.5) is 5.13 Å². The average Bonchev–Trinajstić information content (AvgIpc) is 3.32. The number of carbonyl (C=O) groups excluding carboxylic acids is 1.